The summed E-state index contributed by atoms with van der Waals surface area (Å²) in [6.45, 7) is 6.68. The first kappa shape index (κ1) is 22.8. The van der Waals surface area contributed by atoms with Crippen LogP contribution in [0, 0.1) is 32.4 Å². The molecule has 0 saturated heterocycles. The number of hydrogen-bond donors (Lipinski definition) is 4. The summed E-state index contributed by atoms with van der Waals surface area (Å²) < 4.78 is 26.8. The van der Waals surface area contributed by atoms with Crippen LogP contribution in [0.5, 0.6) is 0 Å². The standard InChI is InChI=1S/C22H29F2N3O2/c1-14-10-17(7-8-19(14)24)13-25-9-5-4-6-20(22(28)27-29)26-21-15(2)11-18(23)12-16(21)3/h7-8,10-12,20,25-26,29H,4-6,9,13H2,1-3H3,(H,27,28)/t20-/m1/s1. The molecular weight excluding hydrogens is 376 g/mol. The second-order valence-electron chi connectivity index (χ2n) is 7.34. The van der Waals surface area contributed by atoms with E-state index in [0.717, 1.165) is 24.9 Å². The van der Waals surface area contributed by atoms with Crippen LogP contribution in [0.1, 0.15) is 41.5 Å². The molecule has 7 heteroatoms. The van der Waals surface area contributed by atoms with Crippen molar-refractivity contribution in [2.75, 3.05) is 11.9 Å². The highest BCUT2D eigenvalue weighted by Gasteiger charge is 2.19. The van der Waals surface area contributed by atoms with Gasteiger partial charge in [0.25, 0.3) is 5.91 Å². The maximum absolute atomic E-state index is 13.5. The van der Waals surface area contributed by atoms with Gasteiger partial charge in [-0.05, 0) is 87.0 Å². The Morgan fingerprint density at radius 1 is 1.03 bits per heavy atom. The number of unbranched alkanes of at least 4 members (excludes halogenated alkanes) is 1. The van der Waals surface area contributed by atoms with Crippen LogP contribution < -0.4 is 16.1 Å². The zero-order chi connectivity index (χ0) is 21.4. The summed E-state index contributed by atoms with van der Waals surface area (Å²) in [5.41, 5.74) is 5.45. The Morgan fingerprint density at radius 2 is 1.72 bits per heavy atom. The Labute approximate surface area is 170 Å². The smallest absolute Gasteiger partial charge is 0.265 e. The summed E-state index contributed by atoms with van der Waals surface area (Å²) in [5.74, 6) is -1.06. The number of nitrogens with one attached hydrogen (secondary N) is 3. The van der Waals surface area contributed by atoms with Crippen molar-refractivity contribution in [3.8, 4) is 0 Å². The summed E-state index contributed by atoms with van der Waals surface area (Å²) >= 11 is 0. The lowest BCUT2D eigenvalue weighted by atomic mass is 10.0. The van der Waals surface area contributed by atoms with Gasteiger partial charge in [0.2, 0.25) is 0 Å². The van der Waals surface area contributed by atoms with Crippen LogP contribution in [0.2, 0.25) is 0 Å². The van der Waals surface area contributed by atoms with Crippen molar-refractivity contribution < 1.29 is 18.8 Å². The maximum atomic E-state index is 13.5. The van der Waals surface area contributed by atoms with E-state index in [4.69, 9.17) is 5.21 Å². The number of halogens is 2. The molecule has 0 aliphatic carbocycles. The SMILES string of the molecule is Cc1cc(CNCCCC[C@@H](Nc2c(C)cc(F)cc2C)C(=O)NO)ccc1F. The van der Waals surface area contributed by atoms with Crippen molar-refractivity contribution in [3.05, 3.63) is 64.2 Å². The molecule has 0 heterocycles. The Kier molecular flexibility index (Phi) is 8.54. The zero-order valence-electron chi connectivity index (χ0n) is 17.1. The molecule has 0 saturated carbocycles. The number of carbonyl (C=O) groups excluding carboxylic acids is 1. The summed E-state index contributed by atoms with van der Waals surface area (Å²) in [6.07, 6.45) is 2.10. The van der Waals surface area contributed by atoms with Gasteiger partial charge in [0.05, 0.1) is 0 Å². The molecule has 2 aromatic carbocycles. The predicted molar refractivity (Wildman–Crippen MR) is 110 cm³/mol. The van der Waals surface area contributed by atoms with Gasteiger partial charge in [0.15, 0.2) is 0 Å². The van der Waals surface area contributed by atoms with E-state index in [0.29, 0.717) is 35.3 Å². The van der Waals surface area contributed by atoms with Crippen molar-refractivity contribution in [3.63, 3.8) is 0 Å². The molecule has 5 nitrogen and oxygen atoms in total. The van der Waals surface area contributed by atoms with Gasteiger partial charge >= 0.3 is 0 Å². The minimum atomic E-state index is -0.623. The molecule has 0 radical (unpaired) electrons. The Balaban J connectivity index is 1.82. The van der Waals surface area contributed by atoms with Gasteiger partial charge in [-0.15, -0.1) is 0 Å². The average molecular weight is 405 g/mol. The van der Waals surface area contributed by atoms with Crippen LogP contribution in [-0.4, -0.2) is 23.7 Å². The predicted octanol–water partition coefficient (Wildman–Crippen LogP) is 4.14. The van der Waals surface area contributed by atoms with Gasteiger partial charge in [0, 0.05) is 12.2 Å². The lowest BCUT2D eigenvalue weighted by Gasteiger charge is -2.21. The van der Waals surface area contributed by atoms with Crippen LogP contribution in [-0.2, 0) is 11.3 Å². The molecule has 0 aliphatic heterocycles. The normalized spacial score (nSPS) is 11.9. The fourth-order valence-corrected chi connectivity index (χ4v) is 3.31. The number of hydroxylamine groups is 1. The second-order valence-corrected chi connectivity index (χ2v) is 7.34. The molecule has 158 valence electrons. The molecule has 1 atom stereocenters. The fraction of sp³-hybridized carbons (Fsp3) is 0.409. The number of aryl methyl sites for hydroxylation is 3. The molecule has 29 heavy (non-hydrogen) atoms. The van der Waals surface area contributed by atoms with Crippen molar-refractivity contribution in [2.24, 2.45) is 0 Å². The molecule has 0 aromatic heterocycles. The number of carbonyl (C=O) groups is 1. The van der Waals surface area contributed by atoms with Gasteiger partial charge in [-0.3, -0.25) is 10.0 Å². The van der Waals surface area contributed by atoms with Gasteiger partial charge in [-0.1, -0.05) is 12.1 Å². The van der Waals surface area contributed by atoms with Crippen LogP contribution in [0.25, 0.3) is 0 Å². The minimum absolute atomic E-state index is 0.207. The highest BCUT2D eigenvalue weighted by Crippen LogP contribution is 2.23. The first-order chi connectivity index (χ1) is 13.8. The molecule has 0 unspecified atom stereocenters. The second kappa shape index (κ2) is 10.9. The Hall–Kier alpha value is -2.51. The largest absolute Gasteiger partial charge is 0.373 e. The first-order valence-electron chi connectivity index (χ1n) is 9.74. The van der Waals surface area contributed by atoms with Gasteiger partial charge in [0.1, 0.15) is 17.7 Å². The fourth-order valence-electron chi connectivity index (χ4n) is 3.31. The molecule has 0 fully saturated rings. The van der Waals surface area contributed by atoms with Gasteiger partial charge in [-0.2, -0.15) is 0 Å². The molecule has 2 aromatic rings. The topological polar surface area (TPSA) is 73.4 Å². The zero-order valence-corrected chi connectivity index (χ0v) is 17.1. The molecule has 0 spiro atoms. The molecule has 0 aliphatic rings. The third kappa shape index (κ3) is 6.80. The number of anilines is 1. The molecule has 1 amide bonds. The summed E-state index contributed by atoms with van der Waals surface area (Å²) in [6, 6.07) is 7.24. The van der Waals surface area contributed by atoms with E-state index in [1.807, 2.05) is 6.07 Å². The summed E-state index contributed by atoms with van der Waals surface area (Å²) in [4.78, 5) is 12.0. The lowest BCUT2D eigenvalue weighted by molar-refractivity contribution is -0.130. The first-order valence-corrected chi connectivity index (χ1v) is 9.74. The van der Waals surface area contributed by atoms with E-state index in [-0.39, 0.29) is 11.6 Å². The van der Waals surface area contributed by atoms with E-state index in [9.17, 15) is 13.6 Å². The third-order valence-electron chi connectivity index (χ3n) is 4.89. The minimum Gasteiger partial charge on any atom is -0.373 e. The summed E-state index contributed by atoms with van der Waals surface area (Å²) in [5, 5.41) is 15.5. The maximum Gasteiger partial charge on any atom is 0.265 e. The number of rotatable bonds is 10. The van der Waals surface area contributed by atoms with Crippen molar-refractivity contribution in [1.29, 1.82) is 0 Å². The Bertz CT molecular complexity index is 820. The van der Waals surface area contributed by atoms with E-state index in [1.165, 1.54) is 18.2 Å². The molecule has 0 bridgehead atoms. The van der Waals surface area contributed by atoms with Crippen LogP contribution in [0.15, 0.2) is 30.3 Å². The lowest BCUT2D eigenvalue weighted by Crippen LogP contribution is -2.38. The summed E-state index contributed by atoms with van der Waals surface area (Å²) in [7, 11) is 0. The van der Waals surface area contributed by atoms with E-state index >= 15 is 0 Å². The number of benzene rings is 2. The average Bonchev–Trinajstić information content (AvgIpc) is 2.67. The van der Waals surface area contributed by atoms with Crippen LogP contribution in [0.3, 0.4) is 0 Å². The van der Waals surface area contributed by atoms with Crippen molar-refractivity contribution >= 4 is 11.6 Å². The number of amides is 1. The van der Waals surface area contributed by atoms with E-state index < -0.39 is 11.9 Å². The van der Waals surface area contributed by atoms with E-state index in [1.54, 1.807) is 32.3 Å². The molecular formula is C22H29F2N3O2. The van der Waals surface area contributed by atoms with E-state index in [2.05, 4.69) is 10.6 Å². The van der Waals surface area contributed by atoms with Crippen LogP contribution in [0.4, 0.5) is 14.5 Å². The highest BCUT2D eigenvalue weighted by atomic mass is 19.1. The highest BCUT2D eigenvalue weighted by molar-refractivity contribution is 5.84. The quantitative estimate of drug-likeness (QED) is 0.272. The molecule has 4 N–H and O–H groups in total. The monoisotopic (exact) mass is 405 g/mol. The van der Waals surface area contributed by atoms with Gasteiger partial charge < -0.3 is 10.6 Å². The number of hydrogen-bond acceptors (Lipinski definition) is 4. The molecule has 2 rings (SSSR count). The van der Waals surface area contributed by atoms with Crippen LogP contribution >= 0.6 is 0 Å². The van der Waals surface area contributed by atoms with Gasteiger partial charge in [-0.25, -0.2) is 14.3 Å². The Morgan fingerprint density at radius 3 is 2.34 bits per heavy atom. The van der Waals surface area contributed by atoms with Crippen molar-refractivity contribution in [2.45, 2.75) is 52.6 Å². The third-order valence-corrected chi connectivity index (χ3v) is 4.89. The van der Waals surface area contributed by atoms with Crippen molar-refractivity contribution in [1.82, 2.24) is 10.8 Å².